The number of nitrogens with two attached hydrogens (primary N) is 1. The van der Waals surface area contributed by atoms with E-state index in [9.17, 15) is 4.79 Å². The molecule has 0 spiro atoms. The molecule has 104 valence electrons. The summed E-state index contributed by atoms with van der Waals surface area (Å²) in [5.41, 5.74) is 7.85. The molecule has 0 heterocycles. The number of anilines is 1. The number of rotatable bonds is 3. The topological polar surface area (TPSA) is 52.3 Å². The molecule has 1 aliphatic carbocycles. The van der Waals surface area contributed by atoms with E-state index in [1.54, 1.807) is 12.1 Å². The second-order valence-corrected chi connectivity index (χ2v) is 5.54. The van der Waals surface area contributed by atoms with Crippen LogP contribution in [0.3, 0.4) is 0 Å². The van der Waals surface area contributed by atoms with Gasteiger partial charge in [0.05, 0.1) is 5.56 Å². The van der Waals surface area contributed by atoms with Crippen LogP contribution >= 0.6 is 0 Å². The van der Waals surface area contributed by atoms with E-state index < -0.39 is 0 Å². The molecule has 0 bridgehead atoms. The highest BCUT2D eigenvalue weighted by Crippen LogP contribution is 2.29. The first-order chi connectivity index (χ1) is 9.10. The average molecular weight is 261 g/mol. The molecule has 1 aromatic rings. The number of nitrogen functional groups attached to an aromatic ring is 1. The van der Waals surface area contributed by atoms with Crippen molar-refractivity contribution in [2.75, 3.05) is 5.73 Å². The lowest BCUT2D eigenvalue weighted by atomic mass is 9.85. The monoisotopic (exact) mass is 261 g/mol. The van der Waals surface area contributed by atoms with E-state index in [4.69, 9.17) is 10.5 Å². The van der Waals surface area contributed by atoms with Gasteiger partial charge in [0, 0.05) is 5.69 Å². The van der Waals surface area contributed by atoms with Gasteiger partial charge < -0.3 is 10.5 Å². The molecule has 3 nitrogen and oxygen atoms in total. The molecule has 2 N–H and O–H groups in total. The van der Waals surface area contributed by atoms with Gasteiger partial charge in [0.25, 0.3) is 0 Å². The average Bonchev–Trinajstić information content (AvgIpc) is 2.41. The molecule has 0 aliphatic heterocycles. The van der Waals surface area contributed by atoms with Gasteiger partial charge in [-0.25, -0.2) is 4.79 Å². The lowest BCUT2D eigenvalue weighted by Gasteiger charge is -2.28. The molecule has 1 aliphatic rings. The summed E-state index contributed by atoms with van der Waals surface area (Å²) in [7, 11) is 0. The summed E-state index contributed by atoms with van der Waals surface area (Å²) in [4.78, 5) is 12.2. The maximum Gasteiger partial charge on any atom is 0.338 e. The summed E-state index contributed by atoms with van der Waals surface area (Å²) in [6.45, 7) is 4.11. The molecule has 2 unspecified atom stereocenters. The molecular formula is C16H23NO2. The molecule has 0 saturated heterocycles. The van der Waals surface area contributed by atoms with Gasteiger partial charge in [-0.1, -0.05) is 25.8 Å². The lowest BCUT2D eigenvalue weighted by Crippen LogP contribution is -2.25. The molecule has 0 amide bonds. The number of aryl methyl sites for hydroxylation is 1. The van der Waals surface area contributed by atoms with E-state index in [1.165, 1.54) is 12.8 Å². The van der Waals surface area contributed by atoms with Crippen molar-refractivity contribution >= 4 is 11.7 Å². The van der Waals surface area contributed by atoms with Crippen LogP contribution in [0.15, 0.2) is 18.2 Å². The van der Waals surface area contributed by atoms with E-state index in [0.29, 0.717) is 17.2 Å². The number of esters is 1. The largest absolute Gasteiger partial charge is 0.459 e. The number of hydrogen-bond donors (Lipinski definition) is 1. The van der Waals surface area contributed by atoms with Crippen LogP contribution in [0, 0.1) is 12.8 Å². The summed E-state index contributed by atoms with van der Waals surface area (Å²) >= 11 is 0. The van der Waals surface area contributed by atoms with Gasteiger partial charge in [-0.3, -0.25) is 0 Å². The minimum Gasteiger partial charge on any atom is -0.459 e. The zero-order chi connectivity index (χ0) is 13.8. The van der Waals surface area contributed by atoms with Crippen LogP contribution in [-0.4, -0.2) is 12.1 Å². The predicted octanol–water partition coefficient (Wildman–Crippen LogP) is 3.70. The Morgan fingerprint density at radius 3 is 2.95 bits per heavy atom. The lowest BCUT2D eigenvalue weighted by molar-refractivity contribution is 0.0139. The van der Waals surface area contributed by atoms with E-state index in [2.05, 4.69) is 6.92 Å². The third-order valence-corrected chi connectivity index (χ3v) is 4.07. The fourth-order valence-electron chi connectivity index (χ4n) is 2.79. The number of ether oxygens (including phenoxy) is 1. The van der Waals surface area contributed by atoms with Crippen LogP contribution in [0.2, 0.25) is 0 Å². The summed E-state index contributed by atoms with van der Waals surface area (Å²) in [6.07, 6.45) is 5.67. The van der Waals surface area contributed by atoms with Crippen molar-refractivity contribution in [3.63, 3.8) is 0 Å². The third-order valence-electron chi connectivity index (χ3n) is 4.07. The van der Waals surface area contributed by atoms with Crippen LogP contribution in [0.5, 0.6) is 0 Å². The number of benzene rings is 1. The van der Waals surface area contributed by atoms with E-state index in [-0.39, 0.29) is 12.1 Å². The van der Waals surface area contributed by atoms with Crippen molar-refractivity contribution in [3.8, 4) is 0 Å². The Morgan fingerprint density at radius 1 is 1.42 bits per heavy atom. The zero-order valence-electron chi connectivity index (χ0n) is 11.8. The quantitative estimate of drug-likeness (QED) is 0.666. The minimum atomic E-state index is -0.230. The fourth-order valence-corrected chi connectivity index (χ4v) is 2.79. The molecule has 0 radical (unpaired) electrons. The molecule has 1 aromatic carbocycles. The maximum absolute atomic E-state index is 12.2. The van der Waals surface area contributed by atoms with E-state index in [0.717, 1.165) is 24.8 Å². The van der Waals surface area contributed by atoms with Crippen molar-refractivity contribution in [1.82, 2.24) is 0 Å². The second-order valence-electron chi connectivity index (χ2n) is 5.54. The highest BCUT2D eigenvalue weighted by molar-refractivity contribution is 5.92. The molecule has 19 heavy (non-hydrogen) atoms. The fraction of sp³-hybridized carbons (Fsp3) is 0.562. The highest BCUT2D eigenvalue weighted by Gasteiger charge is 2.24. The van der Waals surface area contributed by atoms with Gasteiger partial charge >= 0.3 is 5.97 Å². The van der Waals surface area contributed by atoms with Crippen LogP contribution in [0.4, 0.5) is 5.69 Å². The van der Waals surface area contributed by atoms with E-state index >= 15 is 0 Å². The molecule has 1 saturated carbocycles. The Balaban J connectivity index is 2.02. The molecule has 3 heteroatoms. The van der Waals surface area contributed by atoms with Gasteiger partial charge in [-0.2, -0.15) is 0 Å². The van der Waals surface area contributed by atoms with Crippen molar-refractivity contribution in [3.05, 3.63) is 29.3 Å². The first kappa shape index (κ1) is 13.9. The Kier molecular flexibility index (Phi) is 4.46. The van der Waals surface area contributed by atoms with Crippen LogP contribution in [0.25, 0.3) is 0 Å². The van der Waals surface area contributed by atoms with Crippen LogP contribution in [-0.2, 0) is 4.74 Å². The predicted molar refractivity (Wildman–Crippen MR) is 77.0 cm³/mol. The van der Waals surface area contributed by atoms with Gasteiger partial charge in [0.2, 0.25) is 0 Å². The number of hydrogen-bond acceptors (Lipinski definition) is 3. The summed E-state index contributed by atoms with van der Waals surface area (Å²) in [6, 6.07) is 5.37. The summed E-state index contributed by atoms with van der Waals surface area (Å²) in [5, 5.41) is 0. The standard InChI is InChI=1S/C16H23NO2/c1-3-12-5-4-6-14(9-12)19-16(18)15-10-13(17)8-7-11(15)2/h7-8,10,12,14H,3-6,9,17H2,1-2H3. The van der Waals surface area contributed by atoms with Crippen LogP contribution < -0.4 is 5.73 Å². The van der Waals surface area contributed by atoms with Crippen molar-refractivity contribution in [2.45, 2.75) is 52.1 Å². The van der Waals surface area contributed by atoms with Gasteiger partial charge in [-0.05, 0) is 49.8 Å². The Morgan fingerprint density at radius 2 is 2.21 bits per heavy atom. The third kappa shape index (κ3) is 3.49. The van der Waals surface area contributed by atoms with Crippen LogP contribution in [0.1, 0.15) is 54.9 Å². The maximum atomic E-state index is 12.2. The Hall–Kier alpha value is -1.51. The summed E-state index contributed by atoms with van der Waals surface area (Å²) < 4.78 is 5.65. The smallest absolute Gasteiger partial charge is 0.338 e. The van der Waals surface area contributed by atoms with Gasteiger partial charge in [-0.15, -0.1) is 0 Å². The minimum absolute atomic E-state index is 0.0760. The SMILES string of the molecule is CCC1CCCC(OC(=O)c2cc(N)ccc2C)C1. The summed E-state index contributed by atoms with van der Waals surface area (Å²) in [5.74, 6) is 0.472. The van der Waals surface area contributed by atoms with Crippen molar-refractivity contribution < 1.29 is 9.53 Å². The molecule has 2 atom stereocenters. The molecule has 1 fully saturated rings. The normalized spacial score (nSPS) is 23.1. The van der Waals surface area contributed by atoms with Gasteiger partial charge in [0.1, 0.15) is 6.10 Å². The molecule has 2 rings (SSSR count). The van der Waals surface area contributed by atoms with Crippen molar-refractivity contribution in [2.24, 2.45) is 5.92 Å². The first-order valence-electron chi connectivity index (χ1n) is 7.17. The second kappa shape index (κ2) is 6.09. The van der Waals surface area contributed by atoms with E-state index in [1.807, 2.05) is 13.0 Å². The Labute approximate surface area is 115 Å². The Bertz CT molecular complexity index is 456. The molecule has 0 aromatic heterocycles. The van der Waals surface area contributed by atoms with Gasteiger partial charge in [0.15, 0.2) is 0 Å². The molecular weight excluding hydrogens is 238 g/mol. The zero-order valence-corrected chi connectivity index (χ0v) is 11.8. The highest BCUT2D eigenvalue weighted by atomic mass is 16.5. The van der Waals surface area contributed by atoms with Crippen molar-refractivity contribution in [1.29, 1.82) is 0 Å². The number of carbonyl (C=O) groups excluding carboxylic acids is 1. The first-order valence-corrected chi connectivity index (χ1v) is 7.17. The number of carbonyl (C=O) groups is 1.